The Balaban J connectivity index is 1.68. The van der Waals surface area contributed by atoms with Crippen molar-refractivity contribution in [2.45, 2.75) is 38.6 Å². The molecule has 3 nitrogen and oxygen atoms in total. The number of hydrogen-bond donors (Lipinski definition) is 2. The smallest absolute Gasteiger partial charge is 0.119 e. The molecule has 19 heavy (non-hydrogen) atoms. The van der Waals surface area contributed by atoms with Crippen LogP contribution in [0.1, 0.15) is 31.2 Å². The number of rotatable bonds is 6. The van der Waals surface area contributed by atoms with Gasteiger partial charge in [-0.15, -0.1) is 0 Å². The molecule has 3 N–H and O–H groups in total. The normalized spacial score (nSPS) is 23.3. The molecule has 2 unspecified atom stereocenters. The minimum Gasteiger partial charge on any atom is -0.492 e. The second-order valence-corrected chi connectivity index (χ2v) is 5.51. The van der Waals surface area contributed by atoms with Crippen molar-refractivity contribution >= 4 is 0 Å². The van der Waals surface area contributed by atoms with Gasteiger partial charge >= 0.3 is 0 Å². The molecule has 0 aliphatic heterocycles. The maximum atomic E-state index is 5.83. The van der Waals surface area contributed by atoms with Gasteiger partial charge in [-0.2, -0.15) is 0 Å². The molecule has 0 amide bonds. The summed E-state index contributed by atoms with van der Waals surface area (Å²) >= 11 is 0. The Bertz CT molecular complexity index is 381. The quantitative estimate of drug-likeness (QED) is 0.774. The monoisotopic (exact) mass is 262 g/mol. The predicted molar refractivity (Wildman–Crippen MR) is 79.5 cm³/mol. The molecule has 1 aliphatic carbocycles. The number of aryl methyl sites for hydroxylation is 1. The lowest BCUT2D eigenvalue weighted by molar-refractivity contribution is 0.243. The van der Waals surface area contributed by atoms with Gasteiger partial charge in [-0.1, -0.05) is 25.0 Å². The van der Waals surface area contributed by atoms with Gasteiger partial charge < -0.3 is 15.8 Å². The first-order valence-electron chi connectivity index (χ1n) is 7.42. The highest BCUT2D eigenvalue weighted by Gasteiger charge is 2.22. The van der Waals surface area contributed by atoms with Gasteiger partial charge in [-0.05, 0) is 49.9 Å². The zero-order chi connectivity index (χ0) is 13.5. The first-order valence-corrected chi connectivity index (χ1v) is 7.42. The number of nitrogens with two attached hydrogens (primary N) is 1. The lowest BCUT2D eigenvalue weighted by Crippen LogP contribution is -2.43. The molecule has 1 aromatic carbocycles. The zero-order valence-electron chi connectivity index (χ0n) is 11.9. The van der Waals surface area contributed by atoms with Crippen molar-refractivity contribution in [2.24, 2.45) is 11.7 Å². The SMILES string of the molecule is Cc1cccc(OCCNC2CCCCC2CN)c1. The number of hydrogen-bond acceptors (Lipinski definition) is 3. The van der Waals surface area contributed by atoms with Crippen LogP contribution in [-0.4, -0.2) is 25.7 Å². The Kier molecular flexibility index (Phi) is 5.67. The van der Waals surface area contributed by atoms with Crippen LogP contribution in [0.15, 0.2) is 24.3 Å². The first-order chi connectivity index (χ1) is 9.29. The minimum atomic E-state index is 0.583. The van der Waals surface area contributed by atoms with Crippen LogP contribution >= 0.6 is 0 Å². The molecule has 0 spiro atoms. The van der Waals surface area contributed by atoms with Crippen molar-refractivity contribution in [3.05, 3.63) is 29.8 Å². The molecular formula is C16H26N2O. The second kappa shape index (κ2) is 7.51. The van der Waals surface area contributed by atoms with Gasteiger partial charge in [-0.3, -0.25) is 0 Å². The fraction of sp³-hybridized carbons (Fsp3) is 0.625. The second-order valence-electron chi connectivity index (χ2n) is 5.51. The highest BCUT2D eigenvalue weighted by Crippen LogP contribution is 2.23. The zero-order valence-corrected chi connectivity index (χ0v) is 11.9. The summed E-state index contributed by atoms with van der Waals surface area (Å²) in [5.41, 5.74) is 7.07. The lowest BCUT2D eigenvalue weighted by atomic mass is 9.84. The summed E-state index contributed by atoms with van der Waals surface area (Å²) < 4.78 is 5.75. The van der Waals surface area contributed by atoms with Gasteiger partial charge in [0.2, 0.25) is 0 Å². The Morgan fingerprint density at radius 2 is 2.16 bits per heavy atom. The number of ether oxygens (including phenoxy) is 1. The molecular weight excluding hydrogens is 236 g/mol. The third kappa shape index (κ3) is 4.51. The van der Waals surface area contributed by atoms with E-state index in [4.69, 9.17) is 10.5 Å². The highest BCUT2D eigenvalue weighted by atomic mass is 16.5. The summed E-state index contributed by atoms with van der Waals surface area (Å²) in [7, 11) is 0. The third-order valence-corrected chi connectivity index (χ3v) is 3.98. The van der Waals surface area contributed by atoms with Crippen LogP contribution in [0.4, 0.5) is 0 Å². The van der Waals surface area contributed by atoms with Crippen molar-refractivity contribution < 1.29 is 4.74 Å². The van der Waals surface area contributed by atoms with E-state index in [1.807, 2.05) is 12.1 Å². The molecule has 0 bridgehead atoms. The van der Waals surface area contributed by atoms with Gasteiger partial charge in [0.1, 0.15) is 12.4 Å². The highest BCUT2D eigenvalue weighted by molar-refractivity contribution is 5.27. The standard InChI is InChI=1S/C16H26N2O/c1-13-5-4-7-15(11-13)19-10-9-18-16-8-3-2-6-14(16)12-17/h4-5,7,11,14,16,18H,2-3,6,8-10,12,17H2,1H3. The maximum Gasteiger partial charge on any atom is 0.119 e. The van der Waals surface area contributed by atoms with Gasteiger partial charge in [-0.25, -0.2) is 0 Å². The molecule has 0 radical (unpaired) electrons. The number of benzene rings is 1. The van der Waals surface area contributed by atoms with Crippen LogP contribution in [0.25, 0.3) is 0 Å². The van der Waals surface area contributed by atoms with Gasteiger partial charge in [0.15, 0.2) is 0 Å². The van der Waals surface area contributed by atoms with E-state index in [0.29, 0.717) is 12.0 Å². The molecule has 0 saturated heterocycles. The fourth-order valence-electron chi connectivity index (χ4n) is 2.88. The van der Waals surface area contributed by atoms with Crippen molar-refractivity contribution in [3.63, 3.8) is 0 Å². The maximum absolute atomic E-state index is 5.83. The first kappa shape index (κ1) is 14.4. The van der Waals surface area contributed by atoms with E-state index < -0.39 is 0 Å². The van der Waals surface area contributed by atoms with Crippen LogP contribution in [0.2, 0.25) is 0 Å². The molecule has 2 rings (SSSR count). The topological polar surface area (TPSA) is 47.3 Å². The van der Waals surface area contributed by atoms with E-state index in [-0.39, 0.29) is 0 Å². The molecule has 3 heteroatoms. The molecule has 1 aromatic rings. The summed E-state index contributed by atoms with van der Waals surface area (Å²) in [5.74, 6) is 1.61. The van der Waals surface area contributed by atoms with E-state index in [9.17, 15) is 0 Å². The minimum absolute atomic E-state index is 0.583. The van der Waals surface area contributed by atoms with E-state index in [1.54, 1.807) is 0 Å². The summed E-state index contributed by atoms with van der Waals surface area (Å²) in [5, 5.41) is 3.60. The van der Waals surface area contributed by atoms with Crippen molar-refractivity contribution in [3.8, 4) is 5.75 Å². The van der Waals surface area contributed by atoms with E-state index >= 15 is 0 Å². The van der Waals surface area contributed by atoms with E-state index in [2.05, 4.69) is 24.4 Å². The predicted octanol–water partition coefficient (Wildman–Crippen LogP) is 2.48. The third-order valence-electron chi connectivity index (χ3n) is 3.98. The Morgan fingerprint density at radius 3 is 2.95 bits per heavy atom. The summed E-state index contributed by atoms with van der Waals surface area (Å²) in [6, 6.07) is 8.78. The molecule has 1 fully saturated rings. The molecule has 2 atom stereocenters. The van der Waals surface area contributed by atoms with Gasteiger partial charge in [0, 0.05) is 12.6 Å². The van der Waals surface area contributed by atoms with Crippen LogP contribution in [-0.2, 0) is 0 Å². The van der Waals surface area contributed by atoms with Crippen molar-refractivity contribution in [2.75, 3.05) is 19.7 Å². The molecule has 0 aromatic heterocycles. The Labute approximate surface area is 116 Å². The molecule has 106 valence electrons. The number of nitrogens with one attached hydrogen (secondary N) is 1. The lowest BCUT2D eigenvalue weighted by Gasteiger charge is -2.31. The van der Waals surface area contributed by atoms with Gasteiger partial charge in [0.25, 0.3) is 0 Å². The fourth-order valence-corrected chi connectivity index (χ4v) is 2.88. The largest absolute Gasteiger partial charge is 0.492 e. The molecule has 1 aliphatic rings. The van der Waals surface area contributed by atoms with Gasteiger partial charge in [0.05, 0.1) is 0 Å². The Hall–Kier alpha value is -1.06. The molecule has 1 saturated carbocycles. The summed E-state index contributed by atoms with van der Waals surface area (Å²) in [6.07, 6.45) is 5.19. The van der Waals surface area contributed by atoms with Crippen LogP contribution in [0.5, 0.6) is 5.75 Å². The summed E-state index contributed by atoms with van der Waals surface area (Å²) in [6.45, 7) is 4.50. The molecule has 0 heterocycles. The van der Waals surface area contributed by atoms with Crippen molar-refractivity contribution in [1.29, 1.82) is 0 Å². The average molecular weight is 262 g/mol. The summed E-state index contributed by atoms with van der Waals surface area (Å²) in [4.78, 5) is 0. The Morgan fingerprint density at radius 1 is 1.32 bits per heavy atom. The average Bonchev–Trinajstić information content (AvgIpc) is 2.44. The van der Waals surface area contributed by atoms with Crippen LogP contribution in [0.3, 0.4) is 0 Å². The van der Waals surface area contributed by atoms with E-state index in [1.165, 1.54) is 31.2 Å². The van der Waals surface area contributed by atoms with Crippen LogP contribution in [0, 0.1) is 12.8 Å². The van der Waals surface area contributed by atoms with E-state index in [0.717, 1.165) is 25.4 Å². The van der Waals surface area contributed by atoms with Crippen LogP contribution < -0.4 is 15.8 Å². The van der Waals surface area contributed by atoms with Crippen molar-refractivity contribution in [1.82, 2.24) is 5.32 Å².